The van der Waals surface area contributed by atoms with Crippen LogP contribution in [0.3, 0.4) is 0 Å². The van der Waals surface area contributed by atoms with E-state index in [1.165, 1.54) is 48.5 Å². The Labute approximate surface area is 189 Å². The third kappa shape index (κ3) is 6.71. The summed E-state index contributed by atoms with van der Waals surface area (Å²) in [5.74, 6) is -1.36. The maximum Gasteiger partial charge on any atom is 0.416 e. The van der Waals surface area contributed by atoms with E-state index in [0.29, 0.717) is 0 Å². The highest BCUT2D eigenvalue weighted by Crippen LogP contribution is 2.31. The van der Waals surface area contributed by atoms with Gasteiger partial charge in [0.05, 0.1) is 11.1 Å². The van der Waals surface area contributed by atoms with Crippen LogP contribution in [0.15, 0.2) is 78.9 Å². The van der Waals surface area contributed by atoms with Gasteiger partial charge in [0.25, 0.3) is 5.91 Å². The van der Waals surface area contributed by atoms with Crippen molar-refractivity contribution in [1.29, 1.82) is 0 Å². The van der Waals surface area contributed by atoms with E-state index < -0.39 is 35.3 Å². The number of amides is 2. The molecule has 0 aliphatic rings. The normalized spacial score (nSPS) is 11.9. The van der Waals surface area contributed by atoms with Crippen LogP contribution >= 0.6 is 0 Å². The number of rotatable bonds is 5. The fourth-order valence-corrected chi connectivity index (χ4v) is 2.89. The molecule has 34 heavy (non-hydrogen) atoms. The quantitative estimate of drug-likeness (QED) is 0.320. The van der Waals surface area contributed by atoms with Crippen molar-refractivity contribution in [3.63, 3.8) is 0 Å². The van der Waals surface area contributed by atoms with Crippen molar-refractivity contribution in [3.05, 3.63) is 101 Å². The summed E-state index contributed by atoms with van der Waals surface area (Å²) in [6.07, 6.45) is -6.84. The molecule has 0 heterocycles. The van der Waals surface area contributed by atoms with Gasteiger partial charge in [0.15, 0.2) is 0 Å². The fourth-order valence-electron chi connectivity index (χ4n) is 2.89. The van der Waals surface area contributed by atoms with E-state index in [4.69, 9.17) is 0 Å². The van der Waals surface area contributed by atoms with Crippen molar-refractivity contribution in [2.45, 2.75) is 12.4 Å². The lowest BCUT2D eigenvalue weighted by Crippen LogP contribution is -2.14. The number of alkyl halides is 6. The number of hydrogen-bond acceptors (Lipinski definition) is 2. The number of carbonyl (C=O) groups excluding carboxylic acids is 2. The fraction of sp³-hybridized carbons (Fsp3) is 0.0833. The highest BCUT2D eigenvalue weighted by atomic mass is 19.4. The van der Waals surface area contributed by atoms with Crippen LogP contribution < -0.4 is 10.6 Å². The molecule has 2 N–H and O–H groups in total. The summed E-state index contributed by atoms with van der Waals surface area (Å²) in [7, 11) is 0. The molecule has 4 nitrogen and oxygen atoms in total. The van der Waals surface area contributed by atoms with Gasteiger partial charge in [-0.15, -0.1) is 0 Å². The third-order valence-corrected chi connectivity index (χ3v) is 4.48. The summed E-state index contributed by atoms with van der Waals surface area (Å²) in [6, 6.07) is 14.2. The number of nitrogens with one attached hydrogen (secondary N) is 2. The Morgan fingerprint density at radius 2 is 1.24 bits per heavy atom. The Bertz CT molecular complexity index is 1230. The molecule has 0 unspecified atom stereocenters. The number of hydrogen-bond donors (Lipinski definition) is 2. The van der Waals surface area contributed by atoms with Gasteiger partial charge in [-0.1, -0.05) is 24.3 Å². The van der Waals surface area contributed by atoms with E-state index in [-0.39, 0.29) is 22.5 Å². The monoisotopic (exact) mass is 478 g/mol. The summed E-state index contributed by atoms with van der Waals surface area (Å²) in [5.41, 5.74) is -1.39. The maximum atomic E-state index is 12.8. The number of benzene rings is 3. The van der Waals surface area contributed by atoms with Crippen LogP contribution in [0, 0.1) is 0 Å². The summed E-state index contributed by atoms with van der Waals surface area (Å²) in [5, 5.41) is 4.83. The first-order valence-electron chi connectivity index (χ1n) is 9.67. The number of carbonyl (C=O) groups is 2. The zero-order valence-electron chi connectivity index (χ0n) is 17.2. The second-order valence-electron chi connectivity index (χ2n) is 7.06. The molecule has 2 amide bonds. The minimum Gasteiger partial charge on any atom is -0.322 e. The third-order valence-electron chi connectivity index (χ3n) is 4.48. The van der Waals surface area contributed by atoms with Crippen LogP contribution in [0.25, 0.3) is 6.08 Å². The minimum atomic E-state index is -4.56. The predicted molar refractivity (Wildman–Crippen MR) is 115 cm³/mol. The molecule has 0 bridgehead atoms. The van der Waals surface area contributed by atoms with Gasteiger partial charge in [0, 0.05) is 23.0 Å². The zero-order valence-corrected chi connectivity index (χ0v) is 17.2. The molecule has 0 radical (unpaired) electrons. The summed E-state index contributed by atoms with van der Waals surface area (Å²) in [4.78, 5) is 24.6. The smallest absolute Gasteiger partial charge is 0.322 e. The van der Waals surface area contributed by atoms with Gasteiger partial charge in [0.1, 0.15) is 0 Å². The molecule has 0 fully saturated rings. The van der Waals surface area contributed by atoms with Crippen molar-refractivity contribution in [2.75, 3.05) is 10.6 Å². The van der Waals surface area contributed by atoms with Gasteiger partial charge in [-0.3, -0.25) is 9.59 Å². The van der Waals surface area contributed by atoms with Crippen LogP contribution in [0.5, 0.6) is 0 Å². The van der Waals surface area contributed by atoms with Crippen molar-refractivity contribution >= 4 is 29.3 Å². The summed E-state index contributed by atoms with van der Waals surface area (Å²) in [6.45, 7) is 0. The van der Waals surface area contributed by atoms with E-state index >= 15 is 0 Å². The Morgan fingerprint density at radius 3 is 1.88 bits per heavy atom. The summed E-state index contributed by atoms with van der Waals surface area (Å²) >= 11 is 0. The van der Waals surface area contributed by atoms with Gasteiger partial charge >= 0.3 is 12.4 Å². The first kappa shape index (κ1) is 24.6. The zero-order chi connectivity index (χ0) is 24.9. The van der Waals surface area contributed by atoms with Crippen molar-refractivity contribution < 1.29 is 35.9 Å². The van der Waals surface area contributed by atoms with Crippen LogP contribution in [0.2, 0.25) is 0 Å². The van der Waals surface area contributed by atoms with Crippen LogP contribution in [0.1, 0.15) is 27.0 Å². The molecule has 176 valence electrons. The molecule has 3 aromatic carbocycles. The minimum absolute atomic E-state index is 0.0571. The highest BCUT2D eigenvalue weighted by Gasteiger charge is 2.31. The Morgan fingerprint density at radius 1 is 0.676 bits per heavy atom. The Hall–Kier alpha value is -4.08. The number of anilines is 2. The van der Waals surface area contributed by atoms with E-state index in [1.54, 1.807) is 0 Å². The van der Waals surface area contributed by atoms with E-state index in [1.807, 2.05) is 0 Å². The van der Waals surface area contributed by atoms with E-state index in [0.717, 1.165) is 36.4 Å². The lowest BCUT2D eigenvalue weighted by Gasteiger charge is -2.10. The first-order valence-corrected chi connectivity index (χ1v) is 9.67. The van der Waals surface area contributed by atoms with Gasteiger partial charge in [-0.05, 0) is 60.2 Å². The molecule has 0 aliphatic carbocycles. The molecule has 3 aromatic rings. The van der Waals surface area contributed by atoms with Crippen LogP contribution in [-0.4, -0.2) is 11.8 Å². The molecule has 0 atom stereocenters. The lowest BCUT2D eigenvalue weighted by molar-refractivity contribution is -0.138. The van der Waals surface area contributed by atoms with Gasteiger partial charge in [-0.2, -0.15) is 26.3 Å². The molecule has 10 heteroatoms. The molecular formula is C24H16F6N2O2. The average Bonchev–Trinajstić information content (AvgIpc) is 2.77. The Balaban J connectivity index is 1.67. The highest BCUT2D eigenvalue weighted by molar-refractivity contribution is 6.06. The van der Waals surface area contributed by atoms with Gasteiger partial charge in [0.2, 0.25) is 5.91 Å². The molecule has 3 rings (SSSR count). The van der Waals surface area contributed by atoms with E-state index in [9.17, 15) is 35.9 Å². The topological polar surface area (TPSA) is 58.2 Å². The Kier molecular flexibility index (Phi) is 7.09. The maximum absolute atomic E-state index is 12.8. The van der Waals surface area contributed by atoms with Crippen molar-refractivity contribution in [3.8, 4) is 0 Å². The van der Waals surface area contributed by atoms with Gasteiger partial charge in [-0.25, -0.2) is 0 Å². The van der Waals surface area contributed by atoms with Crippen molar-refractivity contribution in [1.82, 2.24) is 0 Å². The van der Waals surface area contributed by atoms with Crippen molar-refractivity contribution in [2.24, 2.45) is 0 Å². The van der Waals surface area contributed by atoms with Crippen LogP contribution in [0.4, 0.5) is 37.7 Å². The standard InChI is InChI=1S/C24H16F6N2O2/c25-23(26,27)17-6-1-4-15(12-17)10-11-21(33)31-19-8-2-5-16(13-19)22(34)32-20-9-3-7-18(14-20)24(28,29)30/h1-14H,(H,31,33)(H,32,34). The average molecular weight is 478 g/mol. The SMILES string of the molecule is O=C(C=Cc1cccc(C(F)(F)F)c1)Nc1cccc(C(=O)Nc2cccc(C(F)(F)F)c2)c1. The van der Waals surface area contributed by atoms with E-state index in [2.05, 4.69) is 10.6 Å². The first-order chi connectivity index (χ1) is 15.9. The second kappa shape index (κ2) is 9.82. The molecule has 0 spiro atoms. The lowest BCUT2D eigenvalue weighted by atomic mass is 10.1. The molecule has 0 aromatic heterocycles. The largest absolute Gasteiger partial charge is 0.416 e. The van der Waals surface area contributed by atoms with Gasteiger partial charge < -0.3 is 10.6 Å². The molecule has 0 saturated heterocycles. The summed E-state index contributed by atoms with van der Waals surface area (Å²) < 4.78 is 76.9. The number of halogens is 6. The molecular weight excluding hydrogens is 462 g/mol. The molecule has 0 aliphatic heterocycles. The predicted octanol–water partition coefficient (Wildman–Crippen LogP) is 6.63. The van der Waals surface area contributed by atoms with Crippen LogP contribution in [-0.2, 0) is 17.1 Å². The second-order valence-corrected chi connectivity index (χ2v) is 7.06. The molecule has 0 saturated carbocycles.